The topological polar surface area (TPSA) is 156 Å². The Kier molecular flexibility index (Phi) is 8.16. The summed E-state index contributed by atoms with van der Waals surface area (Å²) in [5, 5.41) is 8.43. The molecule has 0 amide bonds. The molecular formula is C30H26N4O7. The van der Waals surface area contributed by atoms with E-state index in [0.717, 1.165) is 0 Å². The van der Waals surface area contributed by atoms with Crippen LogP contribution in [0, 0.1) is 5.41 Å². The number of nitrogens with two attached hydrogens (primary N) is 1. The summed E-state index contributed by atoms with van der Waals surface area (Å²) < 4.78 is 24.7. The zero-order valence-electron chi connectivity index (χ0n) is 21.7. The molecule has 4 atom stereocenters. The number of carbonyl (C=O) groups excluding carboxylic acids is 3. The Morgan fingerprint density at radius 3 is 1.78 bits per heavy atom. The molecule has 1 aliphatic heterocycles. The normalized spacial score (nSPS) is 19.7. The number of esters is 3. The Morgan fingerprint density at radius 1 is 0.780 bits per heavy atom. The maximum atomic E-state index is 13.2. The van der Waals surface area contributed by atoms with E-state index in [1.54, 1.807) is 91.0 Å². The Balaban J connectivity index is 1.49. The van der Waals surface area contributed by atoms with Crippen LogP contribution in [0.4, 0.5) is 5.82 Å². The van der Waals surface area contributed by atoms with Gasteiger partial charge in [0.05, 0.1) is 16.7 Å². The minimum atomic E-state index is -1.25. The first-order valence-corrected chi connectivity index (χ1v) is 12.7. The van der Waals surface area contributed by atoms with Crippen molar-refractivity contribution in [2.24, 2.45) is 0 Å². The third kappa shape index (κ3) is 6.31. The van der Waals surface area contributed by atoms with Crippen LogP contribution in [0.1, 0.15) is 37.3 Å². The van der Waals surface area contributed by atoms with Gasteiger partial charge in [-0.3, -0.25) is 9.98 Å². The van der Waals surface area contributed by atoms with E-state index in [0.29, 0.717) is 5.56 Å². The highest BCUT2D eigenvalue weighted by atomic mass is 16.7. The largest absolute Gasteiger partial charge is 0.459 e. The van der Waals surface area contributed by atoms with E-state index in [2.05, 4.69) is 4.98 Å². The van der Waals surface area contributed by atoms with Crippen LogP contribution in [0.3, 0.4) is 0 Å². The summed E-state index contributed by atoms with van der Waals surface area (Å²) >= 11 is 0. The average Bonchev–Trinajstić information content (AvgIpc) is 3.33. The molecule has 0 aliphatic carbocycles. The van der Waals surface area contributed by atoms with Gasteiger partial charge < -0.3 is 24.7 Å². The minimum Gasteiger partial charge on any atom is -0.459 e. The second-order valence-electron chi connectivity index (χ2n) is 9.11. The van der Waals surface area contributed by atoms with Gasteiger partial charge in [0.2, 0.25) is 0 Å². The van der Waals surface area contributed by atoms with Crippen molar-refractivity contribution >= 4 is 23.7 Å². The lowest BCUT2D eigenvalue weighted by Gasteiger charge is -2.25. The van der Waals surface area contributed by atoms with E-state index < -0.39 is 42.4 Å². The van der Waals surface area contributed by atoms with Crippen LogP contribution < -0.4 is 11.2 Å². The molecular weight excluding hydrogens is 528 g/mol. The van der Waals surface area contributed by atoms with Crippen LogP contribution in [0.25, 0.3) is 0 Å². The summed E-state index contributed by atoms with van der Waals surface area (Å²) in [7, 11) is 0. The molecule has 0 spiro atoms. The van der Waals surface area contributed by atoms with E-state index in [9.17, 15) is 14.4 Å². The fourth-order valence-corrected chi connectivity index (χ4v) is 4.33. The summed E-state index contributed by atoms with van der Waals surface area (Å²) in [5.74, 6) is -1.93. The van der Waals surface area contributed by atoms with Crippen molar-refractivity contribution in [2.75, 3.05) is 12.3 Å². The number of nitrogen functional groups attached to an aromatic ring is 1. The smallest absolute Gasteiger partial charge is 0.338 e. The van der Waals surface area contributed by atoms with Crippen molar-refractivity contribution in [3.05, 3.63) is 126 Å². The van der Waals surface area contributed by atoms with Crippen LogP contribution in [0.5, 0.6) is 0 Å². The van der Waals surface area contributed by atoms with Crippen LogP contribution in [0.2, 0.25) is 0 Å². The predicted octanol–water partition coefficient (Wildman–Crippen LogP) is 3.15. The Hall–Kier alpha value is -5.29. The highest BCUT2D eigenvalue weighted by Crippen LogP contribution is 2.34. The van der Waals surface area contributed by atoms with Gasteiger partial charge in [-0.25, -0.2) is 19.4 Å². The monoisotopic (exact) mass is 554 g/mol. The molecule has 0 bridgehead atoms. The molecule has 0 saturated carbocycles. The zero-order chi connectivity index (χ0) is 28.8. The molecule has 208 valence electrons. The van der Waals surface area contributed by atoms with E-state index in [1.807, 2.05) is 0 Å². The van der Waals surface area contributed by atoms with Gasteiger partial charge in [-0.2, -0.15) is 0 Å². The molecule has 3 N–H and O–H groups in total. The highest BCUT2D eigenvalue weighted by Gasteiger charge is 2.51. The number of nitrogens with zero attached hydrogens (tertiary/aromatic N) is 2. The van der Waals surface area contributed by atoms with Gasteiger partial charge >= 0.3 is 17.9 Å². The number of hydrogen-bond donors (Lipinski definition) is 2. The van der Waals surface area contributed by atoms with Gasteiger partial charge in [0.25, 0.3) is 0 Å². The van der Waals surface area contributed by atoms with Gasteiger partial charge in [0.15, 0.2) is 18.4 Å². The van der Waals surface area contributed by atoms with Crippen LogP contribution >= 0.6 is 0 Å². The van der Waals surface area contributed by atoms with Crippen molar-refractivity contribution in [3.63, 3.8) is 0 Å². The van der Waals surface area contributed by atoms with Crippen LogP contribution in [0.15, 0.2) is 103 Å². The number of hydrogen-bond acceptors (Lipinski definition) is 10. The second-order valence-corrected chi connectivity index (χ2v) is 9.11. The Morgan fingerprint density at radius 2 is 1.27 bits per heavy atom. The van der Waals surface area contributed by atoms with E-state index in [1.165, 1.54) is 17.0 Å². The van der Waals surface area contributed by atoms with Gasteiger partial charge in [-0.05, 0) is 36.4 Å². The number of benzene rings is 3. The molecule has 1 saturated heterocycles. The molecule has 5 rings (SSSR count). The first kappa shape index (κ1) is 27.3. The molecule has 1 fully saturated rings. The van der Waals surface area contributed by atoms with E-state index in [4.69, 9.17) is 30.1 Å². The zero-order valence-corrected chi connectivity index (χ0v) is 21.7. The minimum absolute atomic E-state index is 0.0988. The number of nitrogens with one attached hydrogen (secondary N) is 1. The molecule has 4 aromatic rings. The lowest BCUT2D eigenvalue weighted by Crippen LogP contribution is -2.42. The first-order valence-electron chi connectivity index (χ1n) is 12.7. The maximum Gasteiger partial charge on any atom is 0.338 e. The van der Waals surface area contributed by atoms with Crippen molar-refractivity contribution in [1.29, 1.82) is 5.41 Å². The molecule has 0 radical (unpaired) electrons. The van der Waals surface area contributed by atoms with Crippen LogP contribution in [-0.2, 0) is 18.9 Å². The van der Waals surface area contributed by atoms with Crippen molar-refractivity contribution < 1.29 is 33.3 Å². The number of rotatable bonds is 8. The van der Waals surface area contributed by atoms with Crippen molar-refractivity contribution in [1.82, 2.24) is 9.55 Å². The molecule has 11 nitrogen and oxygen atoms in total. The average molecular weight is 555 g/mol. The van der Waals surface area contributed by atoms with Gasteiger partial charge in [0.1, 0.15) is 30.3 Å². The Labute approximate surface area is 234 Å². The lowest BCUT2D eigenvalue weighted by atomic mass is 10.1. The number of ether oxygens (including phenoxy) is 4. The molecule has 2 heterocycles. The third-order valence-electron chi connectivity index (χ3n) is 6.35. The van der Waals surface area contributed by atoms with E-state index >= 15 is 0 Å². The highest BCUT2D eigenvalue weighted by molar-refractivity contribution is 5.91. The van der Waals surface area contributed by atoms with E-state index in [-0.39, 0.29) is 29.0 Å². The second kappa shape index (κ2) is 12.3. The van der Waals surface area contributed by atoms with Crippen molar-refractivity contribution in [3.8, 4) is 0 Å². The molecule has 3 aromatic carbocycles. The summed E-state index contributed by atoms with van der Waals surface area (Å²) in [6.45, 7) is -0.341. The van der Waals surface area contributed by atoms with Gasteiger partial charge in [0, 0.05) is 6.07 Å². The number of anilines is 1. The SMILES string of the molecule is N=c1cc(N)ncn1[C@@H]1O[C@H](COC(=O)c2ccccc2)[C@@H](OC(=O)c2ccccc2)[C@H]1OC(=O)c1ccccc1. The summed E-state index contributed by atoms with van der Waals surface area (Å²) in [6, 6.07) is 26.2. The molecule has 41 heavy (non-hydrogen) atoms. The third-order valence-corrected chi connectivity index (χ3v) is 6.35. The quantitative estimate of drug-likeness (QED) is 0.247. The summed E-state index contributed by atoms with van der Waals surface area (Å²) in [4.78, 5) is 43.1. The summed E-state index contributed by atoms with van der Waals surface area (Å²) in [6.07, 6.45) is -3.46. The fraction of sp³-hybridized carbons (Fsp3) is 0.167. The van der Waals surface area contributed by atoms with Gasteiger partial charge in [-0.1, -0.05) is 54.6 Å². The molecule has 11 heteroatoms. The fourth-order valence-electron chi connectivity index (χ4n) is 4.33. The predicted molar refractivity (Wildman–Crippen MR) is 144 cm³/mol. The molecule has 0 unspecified atom stereocenters. The van der Waals surface area contributed by atoms with Crippen molar-refractivity contribution in [2.45, 2.75) is 24.5 Å². The number of aromatic nitrogens is 2. The maximum absolute atomic E-state index is 13.2. The summed E-state index contributed by atoms with van der Waals surface area (Å²) in [5.41, 5.74) is 6.47. The lowest BCUT2D eigenvalue weighted by molar-refractivity contribution is -0.0643. The first-order chi connectivity index (χ1) is 19.9. The molecule has 1 aliphatic rings. The Bertz CT molecular complexity index is 1580. The van der Waals surface area contributed by atoms with Crippen LogP contribution in [-0.4, -0.2) is 52.4 Å². The standard InChI is InChI=1S/C30H26N4O7/c31-23-16-24(32)34(18-33-23)27-26(41-30(37)21-14-8-3-9-15-21)25(40-29(36)20-12-6-2-7-13-20)22(39-27)17-38-28(35)19-10-4-1-5-11-19/h1-16,18,22,25-27,32H,17,31H2/t22-,25-,26-,27-/m1/s1. The number of carbonyl (C=O) groups is 3. The van der Waals surface area contributed by atoms with Gasteiger partial charge in [-0.15, -0.1) is 0 Å². The molecule has 1 aromatic heterocycles.